The van der Waals surface area contributed by atoms with Crippen LogP contribution in [-0.2, 0) is 13.2 Å². The molecule has 0 fully saturated rings. The molecular formula is C14H19N3O. The van der Waals surface area contributed by atoms with Crippen molar-refractivity contribution in [3.05, 3.63) is 42.0 Å². The minimum atomic E-state index is 0.449. The Balaban J connectivity index is 2.11. The van der Waals surface area contributed by atoms with E-state index in [-0.39, 0.29) is 0 Å². The highest BCUT2D eigenvalue weighted by molar-refractivity contribution is 5.35. The van der Waals surface area contributed by atoms with Crippen LogP contribution >= 0.6 is 0 Å². The van der Waals surface area contributed by atoms with Crippen molar-refractivity contribution in [3.8, 4) is 5.75 Å². The summed E-state index contributed by atoms with van der Waals surface area (Å²) in [5, 5.41) is 4.13. The first-order chi connectivity index (χ1) is 8.72. The highest BCUT2D eigenvalue weighted by Crippen LogP contribution is 2.26. The third kappa shape index (κ3) is 2.70. The smallest absolute Gasteiger partial charge is 0.164 e. The van der Waals surface area contributed by atoms with Crippen LogP contribution < -0.4 is 4.74 Å². The third-order valence-corrected chi connectivity index (χ3v) is 2.89. The van der Waals surface area contributed by atoms with E-state index in [4.69, 9.17) is 4.74 Å². The predicted octanol–water partition coefficient (Wildman–Crippen LogP) is 3.00. The zero-order valence-electron chi connectivity index (χ0n) is 11.1. The first kappa shape index (κ1) is 12.6. The van der Waals surface area contributed by atoms with Crippen molar-refractivity contribution in [1.29, 1.82) is 0 Å². The molecule has 1 aromatic carbocycles. The van der Waals surface area contributed by atoms with Gasteiger partial charge in [-0.25, -0.2) is 9.67 Å². The maximum Gasteiger partial charge on any atom is 0.164 e. The average Bonchev–Trinajstić information content (AvgIpc) is 2.84. The molecule has 0 saturated heterocycles. The Morgan fingerprint density at radius 3 is 2.78 bits per heavy atom. The van der Waals surface area contributed by atoms with Crippen LogP contribution in [0.3, 0.4) is 0 Å². The summed E-state index contributed by atoms with van der Waals surface area (Å²) in [6.07, 6.45) is 1.57. The summed E-state index contributed by atoms with van der Waals surface area (Å²) in [5.41, 5.74) is 1.22. The van der Waals surface area contributed by atoms with E-state index < -0.39 is 0 Å². The second kappa shape index (κ2) is 5.67. The number of hydrogen-bond acceptors (Lipinski definition) is 3. The standard InChI is InChI=1S/C14H19N3O/c1-4-17-14(15-10-16-17)9-18-13-8-6-5-7-12(13)11(2)3/h5-8,10-11H,4,9H2,1-3H3. The molecular weight excluding hydrogens is 226 g/mol. The molecule has 1 aromatic heterocycles. The molecule has 2 rings (SSSR count). The molecule has 0 unspecified atom stereocenters. The molecule has 0 bridgehead atoms. The van der Waals surface area contributed by atoms with Gasteiger partial charge in [0.05, 0.1) is 0 Å². The Morgan fingerprint density at radius 2 is 2.06 bits per heavy atom. The van der Waals surface area contributed by atoms with Crippen molar-refractivity contribution in [3.63, 3.8) is 0 Å². The van der Waals surface area contributed by atoms with Crippen molar-refractivity contribution in [2.45, 2.75) is 39.8 Å². The van der Waals surface area contributed by atoms with Crippen molar-refractivity contribution in [2.24, 2.45) is 0 Å². The van der Waals surface area contributed by atoms with Crippen molar-refractivity contribution < 1.29 is 4.74 Å². The largest absolute Gasteiger partial charge is 0.485 e. The predicted molar refractivity (Wildman–Crippen MR) is 70.6 cm³/mol. The Hall–Kier alpha value is -1.84. The Bertz CT molecular complexity index is 505. The summed E-state index contributed by atoms with van der Waals surface area (Å²) in [4.78, 5) is 4.20. The van der Waals surface area contributed by atoms with Gasteiger partial charge in [-0.3, -0.25) is 0 Å². The van der Waals surface area contributed by atoms with Gasteiger partial charge in [0.25, 0.3) is 0 Å². The summed E-state index contributed by atoms with van der Waals surface area (Å²) in [6.45, 7) is 7.63. The lowest BCUT2D eigenvalue weighted by Crippen LogP contribution is -2.08. The minimum Gasteiger partial charge on any atom is -0.485 e. The Kier molecular flexibility index (Phi) is 3.97. The normalized spacial score (nSPS) is 10.9. The Morgan fingerprint density at radius 1 is 1.28 bits per heavy atom. The van der Waals surface area contributed by atoms with Gasteiger partial charge in [-0.1, -0.05) is 32.0 Å². The average molecular weight is 245 g/mol. The molecule has 0 spiro atoms. The fourth-order valence-corrected chi connectivity index (χ4v) is 1.90. The van der Waals surface area contributed by atoms with E-state index in [0.717, 1.165) is 18.1 Å². The number of benzene rings is 1. The molecule has 96 valence electrons. The van der Waals surface area contributed by atoms with Gasteiger partial charge in [0.15, 0.2) is 5.82 Å². The second-order valence-electron chi connectivity index (χ2n) is 4.47. The molecule has 0 aliphatic rings. The number of nitrogens with zero attached hydrogens (tertiary/aromatic N) is 3. The monoisotopic (exact) mass is 245 g/mol. The SMILES string of the molecule is CCn1ncnc1COc1ccccc1C(C)C. The lowest BCUT2D eigenvalue weighted by molar-refractivity contribution is 0.283. The third-order valence-electron chi connectivity index (χ3n) is 2.89. The first-order valence-electron chi connectivity index (χ1n) is 6.30. The van der Waals surface area contributed by atoms with Gasteiger partial charge < -0.3 is 4.74 Å². The molecule has 2 aromatic rings. The number of rotatable bonds is 5. The summed E-state index contributed by atoms with van der Waals surface area (Å²) in [5.74, 6) is 2.24. The van der Waals surface area contributed by atoms with E-state index in [1.54, 1.807) is 6.33 Å². The lowest BCUT2D eigenvalue weighted by Gasteiger charge is -2.13. The van der Waals surface area contributed by atoms with Gasteiger partial charge in [-0.05, 0) is 24.5 Å². The summed E-state index contributed by atoms with van der Waals surface area (Å²) >= 11 is 0. The number of ether oxygens (including phenoxy) is 1. The van der Waals surface area contributed by atoms with E-state index in [1.807, 2.05) is 29.8 Å². The molecule has 1 heterocycles. The van der Waals surface area contributed by atoms with Crippen LogP contribution in [0.4, 0.5) is 0 Å². The van der Waals surface area contributed by atoms with Crippen LogP contribution in [0.5, 0.6) is 5.75 Å². The zero-order valence-corrected chi connectivity index (χ0v) is 11.1. The highest BCUT2D eigenvalue weighted by Gasteiger charge is 2.09. The topological polar surface area (TPSA) is 39.9 Å². The fraction of sp³-hybridized carbons (Fsp3) is 0.429. The summed E-state index contributed by atoms with van der Waals surface area (Å²) in [6, 6.07) is 8.13. The number of aryl methyl sites for hydroxylation is 1. The zero-order chi connectivity index (χ0) is 13.0. The molecule has 0 atom stereocenters. The van der Waals surface area contributed by atoms with Gasteiger partial charge in [0.1, 0.15) is 18.7 Å². The van der Waals surface area contributed by atoms with Gasteiger partial charge in [0.2, 0.25) is 0 Å². The molecule has 0 amide bonds. The van der Waals surface area contributed by atoms with Crippen LogP contribution in [0.25, 0.3) is 0 Å². The number of hydrogen-bond donors (Lipinski definition) is 0. The van der Waals surface area contributed by atoms with Gasteiger partial charge in [-0.2, -0.15) is 5.10 Å². The van der Waals surface area contributed by atoms with Crippen LogP contribution in [-0.4, -0.2) is 14.8 Å². The van der Waals surface area contributed by atoms with E-state index in [1.165, 1.54) is 5.56 Å². The first-order valence-corrected chi connectivity index (χ1v) is 6.30. The molecule has 18 heavy (non-hydrogen) atoms. The van der Waals surface area contributed by atoms with Crippen molar-refractivity contribution in [1.82, 2.24) is 14.8 Å². The maximum absolute atomic E-state index is 5.86. The van der Waals surface area contributed by atoms with Crippen molar-refractivity contribution >= 4 is 0 Å². The maximum atomic E-state index is 5.86. The second-order valence-corrected chi connectivity index (χ2v) is 4.47. The molecule has 0 saturated carbocycles. The van der Waals surface area contributed by atoms with E-state index >= 15 is 0 Å². The minimum absolute atomic E-state index is 0.449. The van der Waals surface area contributed by atoms with Crippen LogP contribution in [0.1, 0.15) is 38.1 Å². The van der Waals surface area contributed by atoms with Crippen LogP contribution in [0.15, 0.2) is 30.6 Å². The quantitative estimate of drug-likeness (QED) is 0.813. The lowest BCUT2D eigenvalue weighted by atomic mass is 10.0. The fourth-order valence-electron chi connectivity index (χ4n) is 1.90. The van der Waals surface area contributed by atoms with E-state index in [2.05, 4.69) is 30.0 Å². The van der Waals surface area contributed by atoms with Gasteiger partial charge in [-0.15, -0.1) is 0 Å². The van der Waals surface area contributed by atoms with Gasteiger partial charge in [0, 0.05) is 6.54 Å². The molecule has 4 nitrogen and oxygen atoms in total. The summed E-state index contributed by atoms with van der Waals surface area (Å²) in [7, 11) is 0. The van der Waals surface area contributed by atoms with Crippen molar-refractivity contribution in [2.75, 3.05) is 0 Å². The Labute approximate surface area is 108 Å². The molecule has 0 radical (unpaired) electrons. The summed E-state index contributed by atoms with van der Waals surface area (Å²) < 4.78 is 7.71. The van der Waals surface area contributed by atoms with E-state index in [0.29, 0.717) is 12.5 Å². The highest BCUT2D eigenvalue weighted by atomic mass is 16.5. The van der Waals surface area contributed by atoms with Crippen LogP contribution in [0.2, 0.25) is 0 Å². The van der Waals surface area contributed by atoms with E-state index in [9.17, 15) is 0 Å². The van der Waals surface area contributed by atoms with Crippen LogP contribution in [0, 0.1) is 0 Å². The molecule has 0 aliphatic heterocycles. The molecule has 4 heteroatoms. The number of aromatic nitrogens is 3. The molecule has 0 aliphatic carbocycles. The number of para-hydroxylation sites is 1. The molecule has 0 N–H and O–H groups in total. The van der Waals surface area contributed by atoms with Gasteiger partial charge >= 0.3 is 0 Å².